The fourth-order valence-corrected chi connectivity index (χ4v) is 5.79. The summed E-state index contributed by atoms with van der Waals surface area (Å²) in [7, 11) is 0. The van der Waals surface area contributed by atoms with E-state index in [1.54, 1.807) is 18.5 Å². The number of hydrazone groups is 1. The van der Waals surface area contributed by atoms with Crippen molar-refractivity contribution < 1.29 is 9.90 Å². The molecule has 0 fully saturated rings. The second-order valence-corrected chi connectivity index (χ2v) is 11.0. The van der Waals surface area contributed by atoms with E-state index < -0.39 is 0 Å². The first-order chi connectivity index (χ1) is 16.4. The van der Waals surface area contributed by atoms with Crippen molar-refractivity contribution >= 4 is 85.0 Å². The number of aromatic nitrogens is 4. The Balaban J connectivity index is 1.50. The lowest BCUT2D eigenvalue weighted by atomic mass is 10.2. The summed E-state index contributed by atoms with van der Waals surface area (Å²) in [5.74, 6) is 0.517. The van der Waals surface area contributed by atoms with E-state index in [-0.39, 0.29) is 17.4 Å². The average Bonchev–Trinajstić information content (AvgIpc) is 3.26. The van der Waals surface area contributed by atoms with Crippen LogP contribution in [0.5, 0.6) is 5.75 Å². The first-order valence-electron chi connectivity index (χ1n) is 9.67. The summed E-state index contributed by atoms with van der Waals surface area (Å²) in [5.41, 5.74) is 4.69. The average molecular weight is 761 g/mol. The molecule has 8 nitrogen and oxygen atoms in total. The van der Waals surface area contributed by atoms with Crippen LogP contribution in [0.3, 0.4) is 0 Å². The maximum Gasteiger partial charge on any atom is 0.250 e. The molecule has 0 spiro atoms. The molecule has 12 heteroatoms. The quantitative estimate of drug-likeness (QED) is 0.116. The van der Waals surface area contributed by atoms with Gasteiger partial charge in [0.2, 0.25) is 0 Å². The third-order valence-electron chi connectivity index (χ3n) is 4.42. The standard InChI is InChI=1S/C22H15BrI2N6O2S/c23-15-3-5-17(6-4-15)31-21(13-2-1-7-26-10-13)29-30-22(31)34-12-19(32)28-27-11-14-8-16(24)9-18(25)20(14)33/h1-11,33H,12H2,(H,28,32). The summed E-state index contributed by atoms with van der Waals surface area (Å²) >= 11 is 8.90. The molecule has 0 atom stereocenters. The molecule has 0 saturated heterocycles. The van der Waals surface area contributed by atoms with E-state index in [4.69, 9.17) is 0 Å². The third kappa shape index (κ3) is 6.14. The van der Waals surface area contributed by atoms with E-state index in [2.05, 4.69) is 64.2 Å². The lowest BCUT2D eigenvalue weighted by molar-refractivity contribution is -0.118. The van der Waals surface area contributed by atoms with Crippen molar-refractivity contribution in [2.24, 2.45) is 5.10 Å². The minimum absolute atomic E-state index is 0.0783. The number of phenols is 1. The summed E-state index contributed by atoms with van der Waals surface area (Å²) in [6, 6.07) is 15.1. The van der Waals surface area contributed by atoms with Gasteiger partial charge in [-0.2, -0.15) is 5.10 Å². The number of nitrogens with zero attached hydrogens (tertiary/aromatic N) is 5. The van der Waals surface area contributed by atoms with Crippen molar-refractivity contribution in [2.45, 2.75) is 5.16 Å². The normalized spacial score (nSPS) is 11.1. The van der Waals surface area contributed by atoms with Crippen molar-refractivity contribution in [1.29, 1.82) is 0 Å². The van der Waals surface area contributed by atoms with Crippen molar-refractivity contribution in [3.8, 4) is 22.8 Å². The largest absolute Gasteiger partial charge is 0.506 e. The Bertz CT molecular complexity index is 1350. The molecule has 1 amide bonds. The van der Waals surface area contributed by atoms with Crippen molar-refractivity contribution in [1.82, 2.24) is 25.2 Å². The van der Waals surface area contributed by atoms with Crippen LogP contribution in [0, 0.1) is 7.14 Å². The highest BCUT2D eigenvalue weighted by atomic mass is 127. The van der Waals surface area contributed by atoms with Crippen LogP contribution < -0.4 is 5.43 Å². The molecule has 4 rings (SSSR count). The highest BCUT2D eigenvalue weighted by Crippen LogP contribution is 2.28. The molecule has 0 aliphatic carbocycles. The van der Waals surface area contributed by atoms with Gasteiger partial charge in [0.25, 0.3) is 5.91 Å². The van der Waals surface area contributed by atoms with Crippen LogP contribution in [-0.2, 0) is 4.79 Å². The minimum atomic E-state index is -0.311. The van der Waals surface area contributed by atoms with E-state index >= 15 is 0 Å². The molecule has 0 bridgehead atoms. The predicted molar refractivity (Wildman–Crippen MR) is 152 cm³/mol. The molecule has 172 valence electrons. The van der Waals surface area contributed by atoms with Gasteiger partial charge >= 0.3 is 0 Å². The number of hydrogen-bond acceptors (Lipinski definition) is 7. The van der Waals surface area contributed by atoms with Crippen LogP contribution in [-0.4, -0.2) is 42.7 Å². The number of pyridine rings is 1. The van der Waals surface area contributed by atoms with Gasteiger partial charge < -0.3 is 5.11 Å². The number of nitrogens with one attached hydrogen (secondary N) is 1. The maximum atomic E-state index is 12.4. The monoisotopic (exact) mass is 760 g/mol. The lowest BCUT2D eigenvalue weighted by Gasteiger charge is -2.10. The van der Waals surface area contributed by atoms with Gasteiger partial charge in [-0.3, -0.25) is 14.3 Å². The molecule has 0 unspecified atom stereocenters. The Morgan fingerprint density at radius 1 is 1.21 bits per heavy atom. The molecular formula is C22H15BrI2N6O2S. The Morgan fingerprint density at radius 3 is 2.74 bits per heavy atom. The van der Waals surface area contributed by atoms with Crippen LogP contribution in [0.15, 0.2) is 75.7 Å². The smallest absolute Gasteiger partial charge is 0.250 e. The summed E-state index contributed by atoms with van der Waals surface area (Å²) in [6.07, 6.45) is 4.84. The fourth-order valence-electron chi connectivity index (χ4n) is 2.89. The number of phenolic OH excluding ortho intramolecular Hbond substituents is 1. The number of carbonyl (C=O) groups excluding carboxylic acids is 1. The fraction of sp³-hybridized carbons (Fsp3) is 0.0455. The van der Waals surface area contributed by atoms with Gasteiger partial charge in [-0.1, -0.05) is 27.7 Å². The molecule has 0 aliphatic heterocycles. The molecule has 0 aliphatic rings. The molecule has 4 aromatic rings. The van der Waals surface area contributed by atoms with E-state index in [1.165, 1.54) is 18.0 Å². The van der Waals surface area contributed by atoms with Crippen LogP contribution in [0.2, 0.25) is 0 Å². The number of amides is 1. The minimum Gasteiger partial charge on any atom is -0.506 e. The molecule has 34 heavy (non-hydrogen) atoms. The number of rotatable bonds is 7. The van der Waals surface area contributed by atoms with Crippen LogP contribution in [0.1, 0.15) is 5.56 Å². The Labute approximate surface area is 235 Å². The molecule has 2 aromatic carbocycles. The number of halogens is 3. The molecule has 2 heterocycles. The van der Waals surface area contributed by atoms with E-state index in [9.17, 15) is 9.90 Å². The Hall–Kier alpha value is -2.04. The van der Waals surface area contributed by atoms with Crippen molar-refractivity contribution in [3.05, 3.63) is 78.1 Å². The van der Waals surface area contributed by atoms with E-state index in [0.29, 0.717) is 20.1 Å². The van der Waals surface area contributed by atoms with Crippen LogP contribution in [0.25, 0.3) is 17.1 Å². The van der Waals surface area contributed by atoms with Crippen molar-refractivity contribution in [2.75, 3.05) is 5.75 Å². The van der Waals surface area contributed by atoms with E-state index in [1.807, 2.05) is 69.6 Å². The third-order valence-corrected chi connectivity index (χ3v) is 7.32. The Kier molecular flexibility index (Phi) is 8.55. The highest BCUT2D eigenvalue weighted by molar-refractivity contribution is 14.1. The van der Waals surface area contributed by atoms with Gasteiger partial charge in [0.05, 0.1) is 15.5 Å². The molecular weight excluding hydrogens is 746 g/mol. The van der Waals surface area contributed by atoms with E-state index in [0.717, 1.165) is 19.3 Å². The highest BCUT2D eigenvalue weighted by Gasteiger charge is 2.17. The molecule has 2 aromatic heterocycles. The molecule has 0 saturated carbocycles. The number of hydrogen-bond donors (Lipinski definition) is 2. The molecule has 0 radical (unpaired) electrons. The van der Waals surface area contributed by atoms with Gasteiger partial charge in [0, 0.05) is 37.3 Å². The zero-order valence-corrected chi connectivity index (χ0v) is 23.9. The number of benzene rings is 2. The number of aromatic hydroxyl groups is 1. The van der Waals surface area contributed by atoms with Crippen molar-refractivity contribution in [3.63, 3.8) is 0 Å². The second-order valence-electron chi connectivity index (χ2n) is 6.77. The van der Waals surface area contributed by atoms with Crippen LogP contribution in [0.4, 0.5) is 0 Å². The topological polar surface area (TPSA) is 105 Å². The summed E-state index contributed by atoms with van der Waals surface area (Å²) in [6.45, 7) is 0. The first kappa shape index (κ1) is 25.1. The summed E-state index contributed by atoms with van der Waals surface area (Å²) < 4.78 is 4.51. The Morgan fingerprint density at radius 2 is 2.00 bits per heavy atom. The van der Waals surface area contributed by atoms with Gasteiger partial charge in [-0.15, -0.1) is 10.2 Å². The number of carbonyl (C=O) groups is 1. The molecule has 2 N–H and O–H groups in total. The van der Waals surface area contributed by atoms with Crippen LogP contribution >= 0.6 is 72.9 Å². The SMILES string of the molecule is O=C(CSc1nnc(-c2cccnc2)n1-c1ccc(Br)cc1)NN=Cc1cc(I)cc(I)c1O. The van der Waals surface area contributed by atoms with Gasteiger partial charge in [-0.25, -0.2) is 5.43 Å². The first-order valence-corrected chi connectivity index (χ1v) is 13.6. The zero-order valence-electron chi connectivity index (χ0n) is 17.2. The number of thioether (sulfide) groups is 1. The lowest BCUT2D eigenvalue weighted by Crippen LogP contribution is -2.20. The summed E-state index contributed by atoms with van der Waals surface area (Å²) in [5, 5.41) is 23.3. The van der Waals surface area contributed by atoms with Gasteiger partial charge in [0.1, 0.15) is 5.75 Å². The van der Waals surface area contributed by atoms with Gasteiger partial charge in [-0.05, 0) is 93.7 Å². The predicted octanol–water partition coefficient (Wildman–Crippen LogP) is 5.25. The second kappa shape index (κ2) is 11.6. The zero-order chi connectivity index (χ0) is 24.1. The maximum absolute atomic E-state index is 12.4. The summed E-state index contributed by atoms with van der Waals surface area (Å²) in [4.78, 5) is 16.6. The van der Waals surface area contributed by atoms with Gasteiger partial charge in [0.15, 0.2) is 11.0 Å².